The molecule has 1 saturated carbocycles. The van der Waals surface area contributed by atoms with Crippen molar-refractivity contribution >= 4 is 46.4 Å². The van der Waals surface area contributed by atoms with Crippen LogP contribution in [0.15, 0.2) is 24.4 Å². The standard InChI is InChI=1S/C22H26Cl2N4O3S/c1-31-14-22(4-5-22)21(30)28-8-6-27(7-9-28)13-19-25-12-18(32-19)20(29)26-11-15-2-3-16(23)10-17(15)24/h2-3,10,12H,4-9,11,13-14H2,1H3,(H,26,29). The van der Waals surface area contributed by atoms with Crippen LogP contribution in [-0.4, -0.2) is 66.5 Å². The van der Waals surface area contributed by atoms with Gasteiger partial charge < -0.3 is 15.0 Å². The molecule has 2 fully saturated rings. The van der Waals surface area contributed by atoms with Crippen LogP contribution in [0.3, 0.4) is 0 Å². The summed E-state index contributed by atoms with van der Waals surface area (Å²) in [6, 6.07) is 5.20. The van der Waals surface area contributed by atoms with Crippen molar-refractivity contribution < 1.29 is 14.3 Å². The second-order valence-corrected chi connectivity index (χ2v) is 10.3. The Labute approximate surface area is 201 Å². The molecule has 1 aliphatic carbocycles. The highest BCUT2D eigenvalue weighted by atomic mass is 35.5. The van der Waals surface area contributed by atoms with Gasteiger partial charge in [-0.05, 0) is 30.5 Å². The Kier molecular flexibility index (Phi) is 7.37. The first-order chi connectivity index (χ1) is 15.4. The molecule has 4 rings (SSSR count). The second kappa shape index (κ2) is 10.1. The van der Waals surface area contributed by atoms with Gasteiger partial charge in [0.2, 0.25) is 5.91 Å². The molecule has 2 aliphatic rings. The van der Waals surface area contributed by atoms with Crippen molar-refractivity contribution in [3.63, 3.8) is 0 Å². The third kappa shape index (κ3) is 5.43. The van der Waals surface area contributed by atoms with Crippen LogP contribution < -0.4 is 5.32 Å². The Bertz CT molecular complexity index is 987. The van der Waals surface area contributed by atoms with E-state index in [-0.39, 0.29) is 17.2 Å². The minimum atomic E-state index is -0.273. The van der Waals surface area contributed by atoms with Crippen LogP contribution in [0.4, 0.5) is 0 Å². The van der Waals surface area contributed by atoms with Crippen LogP contribution in [0.25, 0.3) is 0 Å². The first kappa shape index (κ1) is 23.4. The minimum absolute atomic E-state index is 0.178. The van der Waals surface area contributed by atoms with E-state index in [9.17, 15) is 9.59 Å². The zero-order valence-electron chi connectivity index (χ0n) is 17.9. The smallest absolute Gasteiger partial charge is 0.263 e. The second-order valence-electron chi connectivity index (χ2n) is 8.32. The molecular formula is C22H26Cl2N4O3S. The van der Waals surface area contributed by atoms with Gasteiger partial charge in [-0.15, -0.1) is 11.3 Å². The van der Waals surface area contributed by atoms with E-state index in [1.807, 2.05) is 4.90 Å². The SMILES string of the molecule is COCC1(C(=O)N2CCN(Cc3ncc(C(=O)NCc4ccc(Cl)cc4Cl)s3)CC2)CC1. The van der Waals surface area contributed by atoms with Crippen LogP contribution >= 0.6 is 34.5 Å². The minimum Gasteiger partial charge on any atom is -0.384 e. The number of nitrogens with one attached hydrogen (secondary N) is 1. The summed E-state index contributed by atoms with van der Waals surface area (Å²) in [5.74, 6) is 0.0519. The van der Waals surface area contributed by atoms with Crippen molar-refractivity contribution in [1.29, 1.82) is 0 Å². The third-order valence-electron chi connectivity index (χ3n) is 5.98. The molecule has 1 aliphatic heterocycles. The fourth-order valence-corrected chi connectivity index (χ4v) is 5.25. The average Bonchev–Trinajstić information content (AvgIpc) is 3.42. The van der Waals surface area contributed by atoms with E-state index >= 15 is 0 Å². The van der Waals surface area contributed by atoms with Crippen LogP contribution in [0.2, 0.25) is 10.0 Å². The average molecular weight is 497 g/mol. The number of hydrogen-bond donors (Lipinski definition) is 1. The molecule has 2 heterocycles. The fraction of sp³-hybridized carbons (Fsp3) is 0.500. The van der Waals surface area contributed by atoms with Crippen molar-refractivity contribution in [2.24, 2.45) is 5.41 Å². The number of hydrogen-bond acceptors (Lipinski definition) is 6. The quantitative estimate of drug-likeness (QED) is 0.605. The van der Waals surface area contributed by atoms with Gasteiger partial charge in [0, 0.05) is 49.9 Å². The van der Waals surface area contributed by atoms with Crippen molar-refractivity contribution in [2.75, 3.05) is 39.9 Å². The Morgan fingerprint density at radius 3 is 2.62 bits per heavy atom. The summed E-state index contributed by atoms with van der Waals surface area (Å²) in [7, 11) is 1.65. The summed E-state index contributed by atoms with van der Waals surface area (Å²) in [5.41, 5.74) is 0.533. The number of halogens is 2. The molecule has 0 atom stereocenters. The zero-order valence-corrected chi connectivity index (χ0v) is 20.2. The zero-order chi connectivity index (χ0) is 22.7. The number of piperazine rings is 1. The molecule has 1 aromatic carbocycles. The van der Waals surface area contributed by atoms with Crippen LogP contribution in [0.1, 0.15) is 33.1 Å². The molecule has 2 aromatic rings. The molecule has 32 heavy (non-hydrogen) atoms. The van der Waals surface area contributed by atoms with Gasteiger partial charge in [0.15, 0.2) is 0 Å². The number of methoxy groups -OCH3 is 1. The molecule has 0 radical (unpaired) electrons. The predicted molar refractivity (Wildman–Crippen MR) is 125 cm³/mol. The molecule has 2 amide bonds. The predicted octanol–water partition coefficient (Wildman–Crippen LogP) is 3.45. The van der Waals surface area contributed by atoms with E-state index in [4.69, 9.17) is 27.9 Å². The lowest BCUT2D eigenvalue weighted by Crippen LogP contribution is -2.51. The monoisotopic (exact) mass is 496 g/mol. The fourth-order valence-electron chi connectivity index (χ4n) is 3.90. The van der Waals surface area contributed by atoms with Gasteiger partial charge in [-0.3, -0.25) is 14.5 Å². The lowest BCUT2D eigenvalue weighted by molar-refractivity contribution is -0.140. The number of rotatable bonds is 8. The molecule has 0 spiro atoms. The van der Waals surface area contributed by atoms with Crippen molar-refractivity contribution in [1.82, 2.24) is 20.1 Å². The summed E-state index contributed by atoms with van der Waals surface area (Å²) in [4.78, 5) is 34.5. The summed E-state index contributed by atoms with van der Waals surface area (Å²) >= 11 is 13.5. The van der Waals surface area contributed by atoms with Gasteiger partial charge in [-0.2, -0.15) is 0 Å². The molecule has 1 N–H and O–H groups in total. The molecule has 7 nitrogen and oxygen atoms in total. The van der Waals surface area contributed by atoms with E-state index in [0.29, 0.717) is 47.7 Å². The number of thiazole rings is 1. The maximum Gasteiger partial charge on any atom is 0.263 e. The van der Waals surface area contributed by atoms with E-state index in [1.54, 1.807) is 31.5 Å². The Morgan fingerprint density at radius 2 is 1.97 bits per heavy atom. The van der Waals surface area contributed by atoms with E-state index in [0.717, 1.165) is 36.5 Å². The molecule has 0 unspecified atom stereocenters. The Hall–Kier alpha value is -1.71. The number of carbonyl (C=O) groups excluding carboxylic acids is 2. The maximum atomic E-state index is 12.8. The molecule has 1 saturated heterocycles. The van der Waals surface area contributed by atoms with Crippen molar-refractivity contribution in [3.05, 3.63) is 49.9 Å². The number of aromatic nitrogens is 1. The molecule has 0 bridgehead atoms. The highest BCUT2D eigenvalue weighted by Crippen LogP contribution is 2.47. The number of nitrogens with zero attached hydrogens (tertiary/aromatic N) is 3. The largest absolute Gasteiger partial charge is 0.384 e. The van der Waals surface area contributed by atoms with Gasteiger partial charge in [0.25, 0.3) is 5.91 Å². The maximum absolute atomic E-state index is 12.8. The van der Waals surface area contributed by atoms with Gasteiger partial charge in [-0.25, -0.2) is 4.98 Å². The van der Waals surface area contributed by atoms with Crippen LogP contribution in [0, 0.1) is 5.41 Å². The summed E-state index contributed by atoms with van der Waals surface area (Å²) in [6.07, 6.45) is 3.46. The highest BCUT2D eigenvalue weighted by Gasteiger charge is 2.52. The number of benzene rings is 1. The van der Waals surface area contributed by atoms with E-state index in [2.05, 4.69) is 15.2 Å². The summed E-state index contributed by atoms with van der Waals surface area (Å²) < 4.78 is 5.25. The molecule has 172 valence electrons. The highest BCUT2D eigenvalue weighted by molar-refractivity contribution is 7.13. The number of carbonyl (C=O) groups is 2. The van der Waals surface area contributed by atoms with E-state index < -0.39 is 0 Å². The van der Waals surface area contributed by atoms with Crippen LogP contribution in [0.5, 0.6) is 0 Å². The van der Waals surface area contributed by atoms with E-state index in [1.165, 1.54) is 11.3 Å². The Balaban J connectivity index is 1.25. The van der Waals surface area contributed by atoms with Gasteiger partial charge in [0.05, 0.1) is 24.8 Å². The Morgan fingerprint density at radius 1 is 1.22 bits per heavy atom. The topological polar surface area (TPSA) is 74.8 Å². The number of amides is 2. The van der Waals surface area contributed by atoms with Crippen molar-refractivity contribution in [3.8, 4) is 0 Å². The third-order valence-corrected chi connectivity index (χ3v) is 7.55. The van der Waals surface area contributed by atoms with Crippen molar-refractivity contribution in [2.45, 2.75) is 25.9 Å². The number of ether oxygens (including phenoxy) is 1. The first-order valence-corrected chi connectivity index (χ1v) is 12.1. The first-order valence-electron chi connectivity index (χ1n) is 10.6. The summed E-state index contributed by atoms with van der Waals surface area (Å²) in [5, 5.41) is 4.85. The normalized spacial score (nSPS) is 17.9. The lowest BCUT2D eigenvalue weighted by Gasteiger charge is -2.36. The van der Waals surface area contributed by atoms with Crippen LogP contribution in [-0.2, 0) is 22.6 Å². The van der Waals surface area contributed by atoms with Gasteiger partial charge >= 0.3 is 0 Å². The summed E-state index contributed by atoms with van der Waals surface area (Å²) in [6.45, 7) is 4.53. The molecule has 1 aromatic heterocycles. The lowest BCUT2D eigenvalue weighted by atomic mass is 10.1. The van der Waals surface area contributed by atoms with Gasteiger partial charge in [0.1, 0.15) is 9.88 Å². The molecule has 10 heteroatoms. The molecular weight excluding hydrogens is 471 g/mol. The van der Waals surface area contributed by atoms with Gasteiger partial charge in [-0.1, -0.05) is 29.3 Å².